The first kappa shape index (κ1) is 16.5. The van der Waals surface area contributed by atoms with Crippen molar-refractivity contribution in [1.29, 1.82) is 0 Å². The van der Waals surface area contributed by atoms with E-state index in [4.69, 9.17) is 0 Å². The van der Waals surface area contributed by atoms with E-state index in [9.17, 15) is 9.59 Å². The summed E-state index contributed by atoms with van der Waals surface area (Å²) >= 11 is 0. The predicted molar refractivity (Wildman–Crippen MR) is 91.6 cm³/mol. The van der Waals surface area contributed by atoms with Crippen molar-refractivity contribution in [3.63, 3.8) is 0 Å². The molecular formula is C17H20N4O2. The number of rotatable bonds is 1. The van der Waals surface area contributed by atoms with E-state index in [1.165, 1.54) is 11.3 Å². The predicted octanol–water partition coefficient (Wildman–Crippen LogP) is 3.49. The Morgan fingerprint density at radius 3 is 2.70 bits per heavy atom. The molecule has 6 nitrogen and oxygen atoms in total. The Kier molecular flexibility index (Phi) is 5.68. The van der Waals surface area contributed by atoms with Crippen LogP contribution in [0.1, 0.15) is 20.3 Å². The summed E-state index contributed by atoms with van der Waals surface area (Å²) in [6, 6.07) is 10.3. The van der Waals surface area contributed by atoms with Crippen molar-refractivity contribution in [2.75, 3.05) is 22.1 Å². The van der Waals surface area contributed by atoms with Crippen molar-refractivity contribution in [1.82, 2.24) is 4.98 Å². The number of benzene rings is 1. The lowest BCUT2D eigenvalue weighted by Crippen LogP contribution is -2.44. The molecule has 1 aromatic heterocycles. The molecule has 1 aromatic carbocycles. The average molecular weight is 312 g/mol. The second-order valence-corrected chi connectivity index (χ2v) is 5.03. The Hall–Kier alpha value is -2.89. The molecule has 0 radical (unpaired) electrons. The van der Waals surface area contributed by atoms with Gasteiger partial charge in [0.2, 0.25) is 5.91 Å². The zero-order valence-corrected chi connectivity index (χ0v) is 13.2. The molecule has 0 saturated carbocycles. The molecule has 0 unspecified atom stereocenters. The Labute approximate surface area is 135 Å². The van der Waals surface area contributed by atoms with Crippen molar-refractivity contribution in [3.05, 3.63) is 48.8 Å². The number of nitrogens with zero attached hydrogens (tertiary/aromatic N) is 2. The third kappa shape index (κ3) is 4.29. The molecule has 0 spiro atoms. The van der Waals surface area contributed by atoms with Crippen molar-refractivity contribution in [2.24, 2.45) is 0 Å². The fourth-order valence-corrected chi connectivity index (χ4v) is 2.04. The number of anilines is 3. The van der Waals surface area contributed by atoms with Gasteiger partial charge in [0.15, 0.2) is 0 Å². The van der Waals surface area contributed by atoms with Gasteiger partial charge in [-0.15, -0.1) is 0 Å². The number of urea groups is 1. The van der Waals surface area contributed by atoms with Crippen LogP contribution in [0.4, 0.5) is 21.9 Å². The van der Waals surface area contributed by atoms with Gasteiger partial charge in [-0.2, -0.15) is 0 Å². The van der Waals surface area contributed by atoms with Gasteiger partial charge in [0.25, 0.3) is 0 Å². The van der Waals surface area contributed by atoms with Crippen molar-refractivity contribution in [3.8, 4) is 0 Å². The Balaban J connectivity index is 0.000000595. The number of nitrogens with one attached hydrogen (secondary N) is 2. The summed E-state index contributed by atoms with van der Waals surface area (Å²) in [5, 5.41) is 5.45. The summed E-state index contributed by atoms with van der Waals surface area (Å²) in [5.41, 5.74) is 1.89. The highest BCUT2D eigenvalue weighted by molar-refractivity contribution is 6.12. The Morgan fingerprint density at radius 2 is 2.00 bits per heavy atom. The maximum atomic E-state index is 12.3. The Bertz CT molecular complexity index is 673. The van der Waals surface area contributed by atoms with Gasteiger partial charge in [-0.25, -0.2) is 4.79 Å². The molecule has 3 rings (SSSR count). The average Bonchev–Trinajstić information content (AvgIpc) is 2.55. The molecule has 3 amide bonds. The molecule has 2 heterocycles. The summed E-state index contributed by atoms with van der Waals surface area (Å²) in [5.74, 6) is -0.218. The molecule has 0 atom stereocenters. The molecule has 2 N–H and O–H groups in total. The topological polar surface area (TPSA) is 74.3 Å². The largest absolute Gasteiger partial charge is 0.326 e. The van der Waals surface area contributed by atoms with E-state index >= 15 is 0 Å². The minimum absolute atomic E-state index is 0.0108. The van der Waals surface area contributed by atoms with Gasteiger partial charge in [-0.05, 0) is 24.3 Å². The van der Waals surface area contributed by atoms with Crippen LogP contribution in [0.2, 0.25) is 0 Å². The van der Waals surface area contributed by atoms with Crippen LogP contribution in [0.15, 0.2) is 48.8 Å². The summed E-state index contributed by atoms with van der Waals surface area (Å²) in [6.45, 7) is 4.24. The van der Waals surface area contributed by atoms with Crippen molar-refractivity contribution >= 4 is 29.0 Å². The zero-order valence-electron chi connectivity index (χ0n) is 13.2. The van der Waals surface area contributed by atoms with E-state index < -0.39 is 0 Å². The minimum Gasteiger partial charge on any atom is -0.323 e. The maximum absolute atomic E-state index is 12.3. The number of aromatic nitrogens is 1. The van der Waals surface area contributed by atoms with E-state index in [0.29, 0.717) is 17.1 Å². The van der Waals surface area contributed by atoms with Gasteiger partial charge in [0, 0.05) is 6.20 Å². The van der Waals surface area contributed by atoms with Gasteiger partial charge in [0.1, 0.15) is 6.54 Å². The smallest absolute Gasteiger partial charge is 0.323 e. The first-order valence-corrected chi connectivity index (χ1v) is 7.53. The van der Waals surface area contributed by atoms with Crippen LogP contribution in [0.5, 0.6) is 0 Å². The molecular weight excluding hydrogens is 292 g/mol. The molecule has 1 aliphatic heterocycles. The zero-order chi connectivity index (χ0) is 16.7. The highest BCUT2D eigenvalue weighted by Crippen LogP contribution is 2.29. The molecule has 1 aliphatic rings. The van der Waals surface area contributed by atoms with Gasteiger partial charge in [0.05, 0.1) is 23.3 Å². The standard InChI is InChI=1S/C14H12N4O2.C3H8/c19-13-9-18(12-6-2-1-5-11(12)17-13)14(20)16-10-4-3-7-15-8-10;1-3-2/h1-8H,9H2,(H,16,20)(H,17,19);3H2,1-2H3. The van der Waals surface area contributed by atoms with Crippen LogP contribution in [0.3, 0.4) is 0 Å². The van der Waals surface area contributed by atoms with Crippen molar-refractivity contribution < 1.29 is 9.59 Å². The lowest BCUT2D eigenvalue weighted by molar-refractivity contribution is -0.115. The lowest BCUT2D eigenvalue weighted by Gasteiger charge is -2.29. The molecule has 23 heavy (non-hydrogen) atoms. The lowest BCUT2D eigenvalue weighted by atomic mass is 10.2. The summed E-state index contributed by atoms with van der Waals surface area (Å²) < 4.78 is 0. The number of carbonyl (C=O) groups is 2. The molecule has 120 valence electrons. The van der Waals surface area contributed by atoms with Crippen LogP contribution < -0.4 is 15.5 Å². The van der Waals surface area contributed by atoms with Crippen LogP contribution in [-0.4, -0.2) is 23.5 Å². The minimum atomic E-state index is -0.361. The monoisotopic (exact) mass is 312 g/mol. The number of carbonyl (C=O) groups excluding carboxylic acids is 2. The normalized spacial score (nSPS) is 12.4. The quantitative estimate of drug-likeness (QED) is 0.846. The van der Waals surface area contributed by atoms with Crippen molar-refractivity contribution in [2.45, 2.75) is 20.3 Å². The SMILES string of the molecule is CCC.O=C1CN(C(=O)Nc2cccnc2)c2ccccc2N1. The van der Waals surface area contributed by atoms with Crippen LogP contribution >= 0.6 is 0 Å². The number of hydrogen-bond donors (Lipinski definition) is 2. The van der Waals surface area contributed by atoms with Crippen LogP contribution in [0, 0.1) is 0 Å². The van der Waals surface area contributed by atoms with Gasteiger partial charge in [-0.1, -0.05) is 32.4 Å². The fourth-order valence-electron chi connectivity index (χ4n) is 2.04. The van der Waals surface area contributed by atoms with Crippen LogP contribution in [-0.2, 0) is 4.79 Å². The first-order valence-electron chi connectivity index (χ1n) is 7.53. The van der Waals surface area contributed by atoms with Gasteiger partial charge in [-0.3, -0.25) is 14.7 Å². The molecule has 0 bridgehead atoms. The van der Waals surface area contributed by atoms with Gasteiger partial charge >= 0.3 is 6.03 Å². The molecule has 0 saturated heterocycles. The number of hydrogen-bond acceptors (Lipinski definition) is 3. The van der Waals surface area contributed by atoms with Gasteiger partial charge < -0.3 is 10.6 Å². The number of fused-ring (bicyclic) bond motifs is 1. The van der Waals surface area contributed by atoms with E-state index in [1.807, 2.05) is 12.1 Å². The second kappa shape index (κ2) is 7.93. The fraction of sp³-hybridized carbons (Fsp3) is 0.235. The van der Waals surface area contributed by atoms with E-state index in [-0.39, 0.29) is 18.5 Å². The summed E-state index contributed by atoms with van der Waals surface area (Å²) in [7, 11) is 0. The third-order valence-electron chi connectivity index (χ3n) is 2.93. The molecule has 0 fully saturated rings. The number of para-hydroxylation sites is 2. The highest BCUT2D eigenvalue weighted by Gasteiger charge is 2.26. The molecule has 2 aromatic rings. The summed E-state index contributed by atoms with van der Waals surface area (Å²) in [6.07, 6.45) is 4.42. The van der Waals surface area contributed by atoms with Crippen LogP contribution in [0.25, 0.3) is 0 Å². The first-order chi connectivity index (χ1) is 11.2. The van der Waals surface area contributed by atoms with E-state index in [1.54, 1.807) is 36.7 Å². The number of amides is 3. The maximum Gasteiger partial charge on any atom is 0.326 e. The third-order valence-corrected chi connectivity index (χ3v) is 2.93. The second-order valence-electron chi connectivity index (χ2n) is 5.03. The summed E-state index contributed by atoms with van der Waals surface area (Å²) in [4.78, 5) is 29.3. The molecule has 6 heteroatoms. The molecule has 0 aliphatic carbocycles. The van der Waals surface area contributed by atoms with E-state index in [0.717, 1.165) is 0 Å². The van der Waals surface area contributed by atoms with E-state index in [2.05, 4.69) is 29.5 Å². The highest BCUT2D eigenvalue weighted by atomic mass is 16.2. The number of pyridine rings is 1. The Morgan fingerprint density at radius 1 is 1.26 bits per heavy atom.